The van der Waals surface area contributed by atoms with Crippen LogP contribution >= 0.6 is 0 Å². The van der Waals surface area contributed by atoms with Crippen molar-refractivity contribution in [1.82, 2.24) is 0 Å². The molecular formula is C11H11NO5. The van der Waals surface area contributed by atoms with Crippen LogP contribution in [0.15, 0.2) is 18.2 Å². The van der Waals surface area contributed by atoms with Crippen molar-refractivity contribution >= 4 is 17.4 Å². The fourth-order valence-corrected chi connectivity index (χ4v) is 1.83. The van der Waals surface area contributed by atoms with Gasteiger partial charge in [-0.3, -0.25) is 4.79 Å². The number of hydrogen-bond donors (Lipinski definition) is 1. The zero-order valence-corrected chi connectivity index (χ0v) is 9.35. The Labute approximate surface area is 97.3 Å². The van der Waals surface area contributed by atoms with Crippen molar-refractivity contribution in [3.8, 4) is 5.75 Å². The molecule has 1 aromatic rings. The highest BCUT2D eigenvalue weighted by molar-refractivity contribution is 6.15. The molecule has 6 heteroatoms. The van der Waals surface area contributed by atoms with E-state index in [-0.39, 0.29) is 11.3 Å². The van der Waals surface area contributed by atoms with Crippen molar-refractivity contribution in [3.63, 3.8) is 0 Å². The van der Waals surface area contributed by atoms with Crippen LogP contribution in [0.3, 0.4) is 0 Å². The molecule has 2 rings (SSSR count). The second-order valence-electron chi connectivity index (χ2n) is 3.60. The van der Waals surface area contributed by atoms with E-state index in [1.165, 1.54) is 19.2 Å². The maximum absolute atomic E-state index is 11.9. The predicted octanol–water partition coefficient (Wildman–Crippen LogP) is -0.553. The van der Waals surface area contributed by atoms with Crippen LogP contribution < -0.4 is 9.80 Å². The van der Waals surface area contributed by atoms with Gasteiger partial charge in [0.2, 0.25) is 5.78 Å². The van der Waals surface area contributed by atoms with E-state index in [9.17, 15) is 14.8 Å². The molecule has 0 bridgehead atoms. The van der Waals surface area contributed by atoms with Gasteiger partial charge in [0.1, 0.15) is 11.4 Å². The molecule has 1 heterocycles. The highest BCUT2D eigenvalue weighted by atomic mass is 16.5. The molecule has 0 fully saturated rings. The summed E-state index contributed by atoms with van der Waals surface area (Å²) >= 11 is 0. The number of benzene rings is 1. The number of ether oxygens (including phenoxy) is 2. The molecular weight excluding hydrogens is 226 g/mol. The van der Waals surface area contributed by atoms with Crippen LogP contribution in [0.25, 0.3) is 0 Å². The first kappa shape index (κ1) is 11.6. The predicted molar refractivity (Wildman–Crippen MR) is 57.1 cm³/mol. The quantitative estimate of drug-likeness (QED) is 0.424. The van der Waals surface area contributed by atoms with E-state index in [1.54, 1.807) is 6.07 Å². The van der Waals surface area contributed by atoms with Gasteiger partial charge in [-0.25, -0.2) is 4.79 Å². The van der Waals surface area contributed by atoms with Gasteiger partial charge in [-0.15, -0.1) is 0 Å². The summed E-state index contributed by atoms with van der Waals surface area (Å²) in [5.74, 6) is -0.888. The molecule has 1 N–H and O–H groups in total. The lowest BCUT2D eigenvalue weighted by molar-refractivity contribution is -0.780. The summed E-state index contributed by atoms with van der Waals surface area (Å²) in [6, 6.07) is 3.15. The lowest BCUT2D eigenvalue weighted by Crippen LogP contribution is -3.07. The molecule has 0 saturated carbocycles. The Bertz CT molecular complexity index is 485. The Morgan fingerprint density at radius 2 is 2.12 bits per heavy atom. The molecule has 0 spiro atoms. The van der Waals surface area contributed by atoms with Crippen LogP contribution in [0.1, 0.15) is 10.4 Å². The van der Waals surface area contributed by atoms with Gasteiger partial charge in [0.05, 0.1) is 19.8 Å². The van der Waals surface area contributed by atoms with Gasteiger partial charge in [-0.2, -0.15) is 0 Å². The molecule has 1 aromatic carbocycles. The molecule has 2 atom stereocenters. The average molecular weight is 237 g/mol. The monoisotopic (exact) mass is 237 g/mol. The van der Waals surface area contributed by atoms with E-state index in [2.05, 4.69) is 4.74 Å². The van der Waals surface area contributed by atoms with Crippen molar-refractivity contribution in [2.24, 2.45) is 0 Å². The van der Waals surface area contributed by atoms with Gasteiger partial charge in [-0.05, 0) is 12.1 Å². The molecule has 6 nitrogen and oxygen atoms in total. The number of ketones is 1. The summed E-state index contributed by atoms with van der Waals surface area (Å²) in [6.07, 6.45) is 0. The van der Waals surface area contributed by atoms with Gasteiger partial charge in [0.15, 0.2) is 0 Å². The molecule has 0 aliphatic carbocycles. The summed E-state index contributed by atoms with van der Waals surface area (Å²) in [7, 11) is 2.60. The topological polar surface area (TPSA) is 80.1 Å². The van der Waals surface area contributed by atoms with Crippen molar-refractivity contribution in [1.29, 1.82) is 0 Å². The summed E-state index contributed by atoms with van der Waals surface area (Å²) in [4.78, 5) is 23.3. The minimum Gasteiger partial charge on any atom is -0.628 e. The van der Waals surface area contributed by atoms with E-state index < -0.39 is 22.9 Å². The molecule has 0 amide bonds. The fraction of sp³-hybridized carbons (Fsp3) is 0.273. The van der Waals surface area contributed by atoms with Crippen molar-refractivity contribution < 1.29 is 24.1 Å². The first-order valence-corrected chi connectivity index (χ1v) is 4.94. The third-order valence-corrected chi connectivity index (χ3v) is 2.72. The Morgan fingerprint density at radius 1 is 1.41 bits per heavy atom. The molecule has 0 aromatic heterocycles. The Morgan fingerprint density at radius 3 is 2.71 bits per heavy atom. The first-order chi connectivity index (χ1) is 8.10. The minimum atomic E-state index is -1.36. The van der Waals surface area contributed by atoms with Gasteiger partial charge in [-0.1, -0.05) is 0 Å². The number of methoxy groups -OCH3 is 2. The summed E-state index contributed by atoms with van der Waals surface area (Å²) in [5, 5.41) is 11.3. The number of quaternary nitrogens is 1. The van der Waals surface area contributed by atoms with Crippen LogP contribution in [0.5, 0.6) is 5.75 Å². The summed E-state index contributed by atoms with van der Waals surface area (Å²) in [5.41, 5.74) is 0.455. The number of esters is 1. The number of hydroxylamine groups is 1. The van der Waals surface area contributed by atoms with Crippen molar-refractivity contribution in [2.45, 2.75) is 6.04 Å². The van der Waals surface area contributed by atoms with Crippen LogP contribution in [-0.2, 0) is 9.53 Å². The van der Waals surface area contributed by atoms with E-state index in [0.29, 0.717) is 5.75 Å². The molecule has 1 aliphatic heterocycles. The largest absolute Gasteiger partial charge is 0.628 e. The zero-order valence-electron chi connectivity index (χ0n) is 9.35. The van der Waals surface area contributed by atoms with Gasteiger partial charge in [0.25, 0.3) is 6.04 Å². The third kappa shape index (κ3) is 1.67. The van der Waals surface area contributed by atoms with Crippen molar-refractivity contribution in [3.05, 3.63) is 29.0 Å². The number of hydrogen-bond acceptors (Lipinski definition) is 5. The zero-order chi connectivity index (χ0) is 12.6. The smallest absolute Gasteiger partial charge is 0.373 e. The van der Waals surface area contributed by atoms with Crippen LogP contribution in [0, 0.1) is 5.21 Å². The molecule has 17 heavy (non-hydrogen) atoms. The van der Waals surface area contributed by atoms with E-state index in [1.807, 2.05) is 0 Å². The molecule has 1 aliphatic rings. The summed E-state index contributed by atoms with van der Waals surface area (Å²) < 4.78 is 9.42. The maximum atomic E-state index is 11.9. The SMILES string of the molecule is COC(=O)C1C(=O)c2cc(OC)ccc2[NH+]1[O-]. The van der Waals surface area contributed by atoms with Gasteiger partial charge < -0.3 is 19.7 Å². The molecule has 2 unspecified atom stereocenters. The minimum absolute atomic E-state index is 0.213. The first-order valence-electron chi connectivity index (χ1n) is 4.94. The van der Waals surface area contributed by atoms with Crippen molar-refractivity contribution in [2.75, 3.05) is 14.2 Å². The van der Waals surface area contributed by atoms with E-state index >= 15 is 0 Å². The standard InChI is InChI=1S/C11H11NO5/c1-16-6-3-4-8-7(5-6)10(13)9(12(8)15)11(14)17-2/h3-5,9,12H,1-2H3. The van der Waals surface area contributed by atoms with Gasteiger partial charge >= 0.3 is 5.97 Å². The Kier molecular flexibility index (Phi) is 2.83. The average Bonchev–Trinajstić information content (AvgIpc) is 2.60. The second-order valence-corrected chi connectivity index (χ2v) is 3.60. The molecule has 0 saturated heterocycles. The lowest BCUT2D eigenvalue weighted by Gasteiger charge is -2.20. The highest BCUT2D eigenvalue weighted by Crippen LogP contribution is 2.24. The number of nitrogens with one attached hydrogen (secondary N) is 1. The Balaban J connectivity index is 2.45. The number of carbonyl (C=O) groups excluding carboxylic acids is 2. The summed E-state index contributed by atoms with van der Waals surface area (Å²) in [6.45, 7) is 0. The van der Waals surface area contributed by atoms with E-state index in [0.717, 1.165) is 7.11 Å². The van der Waals surface area contributed by atoms with Gasteiger partial charge in [0, 0.05) is 6.07 Å². The maximum Gasteiger partial charge on any atom is 0.373 e. The van der Waals surface area contributed by atoms with Crippen LogP contribution in [-0.4, -0.2) is 32.0 Å². The normalized spacial score (nSPS) is 22.2. The lowest BCUT2D eigenvalue weighted by atomic mass is 10.1. The number of Topliss-reactive ketones (excluding diaryl/α,β-unsaturated/α-hetero) is 1. The number of fused-ring (bicyclic) bond motifs is 1. The second kappa shape index (κ2) is 4.15. The number of rotatable bonds is 2. The highest BCUT2D eigenvalue weighted by Gasteiger charge is 2.44. The van der Waals surface area contributed by atoms with Crippen LogP contribution in [0.2, 0.25) is 0 Å². The molecule has 90 valence electrons. The Hall–Kier alpha value is -1.92. The number of carbonyl (C=O) groups is 2. The fourth-order valence-electron chi connectivity index (χ4n) is 1.83. The molecule has 0 radical (unpaired) electrons. The van der Waals surface area contributed by atoms with Crippen LogP contribution in [0.4, 0.5) is 5.69 Å². The third-order valence-electron chi connectivity index (χ3n) is 2.72. The van der Waals surface area contributed by atoms with E-state index in [4.69, 9.17) is 4.74 Å².